The summed E-state index contributed by atoms with van der Waals surface area (Å²) in [6, 6.07) is 21.9. The average molecular weight is 277 g/mol. The Balaban J connectivity index is 1.76. The van der Waals surface area contributed by atoms with Crippen LogP contribution in [0, 0.1) is 5.92 Å². The molecule has 0 heterocycles. The van der Waals surface area contributed by atoms with Crippen LogP contribution >= 0.6 is 0 Å². The topological polar surface area (TPSA) is 12.0 Å². The highest BCUT2D eigenvalue weighted by atomic mass is 14.9. The second-order valence-electron chi connectivity index (χ2n) is 5.78. The van der Waals surface area contributed by atoms with Crippen molar-refractivity contribution >= 4 is 0 Å². The summed E-state index contributed by atoms with van der Waals surface area (Å²) in [5.74, 6) is 0.602. The van der Waals surface area contributed by atoms with Crippen LogP contribution in [0.2, 0.25) is 0 Å². The number of hydrogen-bond acceptors (Lipinski definition) is 1. The van der Waals surface area contributed by atoms with Crippen molar-refractivity contribution in [2.45, 2.75) is 31.8 Å². The summed E-state index contributed by atoms with van der Waals surface area (Å²) in [5, 5.41) is 3.77. The second-order valence-corrected chi connectivity index (χ2v) is 5.78. The smallest absolute Gasteiger partial charge is 0.0386 e. The molecule has 0 saturated carbocycles. The molecule has 2 aromatic carbocycles. The van der Waals surface area contributed by atoms with E-state index >= 15 is 0 Å². The Hall–Kier alpha value is -1.86. The molecule has 0 fully saturated rings. The summed E-state index contributed by atoms with van der Waals surface area (Å²) in [7, 11) is 0. The summed E-state index contributed by atoms with van der Waals surface area (Å²) < 4.78 is 0. The summed E-state index contributed by atoms with van der Waals surface area (Å²) in [6.45, 7) is 0.921. The second kappa shape index (κ2) is 7.24. The molecule has 0 aliphatic heterocycles. The third-order valence-electron chi connectivity index (χ3n) is 4.25. The summed E-state index contributed by atoms with van der Waals surface area (Å²) in [6.07, 6.45) is 8.56. The molecule has 0 aromatic heterocycles. The van der Waals surface area contributed by atoms with Crippen molar-refractivity contribution in [3.8, 4) is 0 Å². The molecule has 108 valence electrons. The number of rotatable bonds is 5. The predicted octanol–water partition coefficient (Wildman–Crippen LogP) is 4.87. The zero-order valence-electron chi connectivity index (χ0n) is 12.4. The van der Waals surface area contributed by atoms with Crippen LogP contribution in [0.3, 0.4) is 0 Å². The van der Waals surface area contributed by atoms with Crippen LogP contribution in [0.5, 0.6) is 0 Å². The normalized spacial score (nSPS) is 19.3. The van der Waals surface area contributed by atoms with E-state index in [-0.39, 0.29) is 0 Å². The van der Waals surface area contributed by atoms with Crippen LogP contribution in [0.1, 0.15) is 36.4 Å². The van der Waals surface area contributed by atoms with Gasteiger partial charge in [-0.3, -0.25) is 0 Å². The van der Waals surface area contributed by atoms with Crippen molar-refractivity contribution in [3.05, 3.63) is 83.9 Å². The van der Waals surface area contributed by atoms with E-state index in [9.17, 15) is 0 Å². The molecule has 1 nitrogen and oxygen atoms in total. The van der Waals surface area contributed by atoms with Gasteiger partial charge in [0.2, 0.25) is 0 Å². The van der Waals surface area contributed by atoms with Gasteiger partial charge in [0, 0.05) is 12.6 Å². The maximum atomic E-state index is 3.77. The maximum absolute atomic E-state index is 3.77. The molecule has 1 aliphatic carbocycles. The first-order valence-corrected chi connectivity index (χ1v) is 7.92. The van der Waals surface area contributed by atoms with Gasteiger partial charge in [0.25, 0.3) is 0 Å². The molecule has 2 atom stereocenters. The molecule has 1 heteroatoms. The highest BCUT2D eigenvalue weighted by molar-refractivity contribution is 5.22. The van der Waals surface area contributed by atoms with E-state index in [0.29, 0.717) is 12.0 Å². The van der Waals surface area contributed by atoms with Gasteiger partial charge in [0.05, 0.1) is 0 Å². The minimum Gasteiger partial charge on any atom is -0.305 e. The third-order valence-corrected chi connectivity index (χ3v) is 4.25. The highest BCUT2D eigenvalue weighted by Gasteiger charge is 2.21. The van der Waals surface area contributed by atoms with Crippen LogP contribution in [0.4, 0.5) is 0 Å². The Kier molecular flexibility index (Phi) is 4.86. The lowest BCUT2D eigenvalue weighted by Crippen LogP contribution is -2.28. The van der Waals surface area contributed by atoms with Gasteiger partial charge in [-0.15, -0.1) is 0 Å². The molecule has 1 aliphatic rings. The van der Waals surface area contributed by atoms with Gasteiger partial charge in [-0.05, 0) is 36.3 Å². The third kappa shape index (κ3) is 3.83. The molecule has 21 heavy (non-hydrogen) atoms. The van der Waals surface area contributed by atoms with Gasteiger partial charge in [0.15, 0.2) is 0 Å². The lowest BCUT2D eigenvalue weighted by Gasteiger charge is -2.28. The Bertz CT molecular complexity index is 559. The monoisotopic (exact) mass is 277 g/mol. The zero-order chi connectivity index (χ0) is 14.3. The summed E-state index contributed by atoms with van der Waals surface area (Å²) in [4.78, 5) is 0. The van der Waals surface area contributed by atoms with Crippen molar-refractivity contribution in [1.82, 2.24) is 5.32 Å². The van der Waals surface area contributed by atoms with Gasteiger partial charge >= 0.3 is 0 Å². The Labute approximate surface area is 127 Å². The lowest BCUT2D eigenvalue weighted by molar-refractivity contribution is 0.381. The average Bonchev–Trinajstić information content (AvgIpc) is 2.58. The fourth-order valence-corrected chi connectivity index (χ4v) is 3.12. The largest absolute Gasteiger partial charge is 0.305 e. The molecule has 1 unspecified atom stereocenters. The molecule has 0 spiro atoms. The number of nitrogens with one attached hydrogen (secondary N) is 1. The van der Waals surface area contributed by atoms with Crippen LogP contribution < -0.4 is 5.32 Å². The first-order chi connectivity index (χ1) is 10.4. The quantitative estimate of drug-likeness (QED) is 0.768. The molecule has 1 N–H and O–H groups in total. The predicted molar refractivity (Wildman–Crippen MR) is 88.9 cm³/mol. The van der Waals surface area contributed by atoms with E-state index in [0.717, 1.165) is 6.54 Å². The molecular formula is C20H23N. The van der Waals surface area contributed by atoms with Crippen LogP contribution in [-0.2, 0) is 6.54 Å². The van der Waals surface area contributed by atoms with E-state index in [2.05, 4.69) is 78.1 Å². The first-order valence-electron chi connectivity index (χ1n) is 7.92. The van der Waals surface area contributed by atoms with Crippen molar-refractivity contribution in [3.63, 3.8) is 0 Å². The van der Waals surface area contributed by atoms with Crippen LogP contribution in [0.15, 0.2) is 72.8 Å². The number of allylic oxidation sites excluding steroid dienone is 1. The zero-order valence-corrected chi connectivity index (χ0v) is 12.4. The van der Waals surface area contributed by atoms with E-state index < -0.39 is 0 Å². The van der Waals surface area contributed by atoms with E-state index in [4.69, 9.17) is 0 Å². The molecule has 3 rings (SSSR count). The number of benzene rings is 2. The molecule has 0 bridgehead atoms. The summed E-state index contributed by atoms with van der Waals surface area (Å²) >= 11 is 0. The molecule has 0 radical (unpaired) electrons. The van der Waals surface area contributed by atoms with Crippen molar-refractivity contribution in [2.24, 2.45) is 5.92 Å². The van der Waals surface area contributed by atoms with Gasteiger partial charge in [0.1, 0.15) is 0 Å². The fraction of sp³-hybridized carbons (Fsp3) is 0.300. The Morgan fingerprint density at radius 3 is 2.33 bits per heavy atom. The van der Waals surface area contributed by atoms with Crippen molar-refractivity contribution < 1.29 is 0 Å². The van der Waals surface area contributed by atoms with E-state index in [1.54, 1.807) is 0 Å². The van der Waals surface area contributed by atoms with Crippen LogP contribution in [0.25, 0.3) is 0 Å². The minimum absolute atomic E-state index is 0.406. The summed E-state index contributed by atoms with van der Waals surface area (Å²) in [5.41, 5.74) is 2.74. The van der Waals surface area contributed by atoms with E-state index in [1.807, 2.05) is 0 Å². The fourth-order valence-electron chi connectivity index (χ4n) is 3.12. The lowest BCUT2D eigenvalue weighted by atomic mass is 9.85. The van der Waals surface area contributed by atoms with E-state index in [1.165, 1.54) is 30.4 Å². The Morgan fingerprint density at radius 2 is 1.67 bits per heavy atom. The molecular weight excluding hydrogens is 254 g/mol. The molecule has 0 amide bonds. The van der Waals surface area contributed by atoms with Crippen molar-refractivity contribution in [2.75, 3.05) is 0 Å². The van der Waals surface area contributed by atoms with Gasteiger partial charge < -0.3 is 5.32 Å². The highest BCUT2D eigenvalue weighted by Crippen LogP contribution is 2.30. The van der Waals surface area contributed by atoms with Gasteiger partial charge in [-0.2, -0.15) is 0 Å². The van der Waals surface area contributed by atoms with Crippen molar-refractivity contribution in [1.29, 1.82) is 0 Å². The maximum Gasteiger partial charge on any atom is 0.0386 e. The first kappa shape index (κ1) is 14.1. The SMILES string of the molecule is C1=CC([C@@H](NCc2ccccc2)c2ccccc2)CCC1. The van der Waals surface area contributed by atoms with Gasteiger partial charge in [-0.25, -0.2) is 0 Å². The standard InChI is InChI=1S/C20H23N/c1-4-10-17(11-5-1)16-21-20(18-12-6-2-7-13-18)19-14-8-3-9-15-19/h1-2,4-8,10-14,19-21H,3,9,15-16H2/t19?,20-/m0/s1. The molecule has 2 aromatic rings. The number of hydrogen-bond donors (Lipinski definition) is 1. The van der Waals surface area contributed by atoms with Gasteiger partial charge in [-0.1, -0.05) is 72.8 Å². The molecule has 0 saturated heterocycles. The Morgan fingerprint density at radius 1 is 0.952 bits per heavy atom. The minimum atomic E-state index is 0.406. The van der Waals surface area contributed by atoms with Crippen LogP contribution in [-0.4, -0.2) is 0 Å².